The highest BCUT2D eigenvalue weighted by Crippen LogP contribution is 2.31. The van der Waals surface area contributed by atoms with E-state index in [1.807, 2.05) is 18.2 Å². The van der Waals surface area contributed by atoms with E-state index in [1.165, 1.54) is 18.6 Å². The topological polar surface area (TPSA) is 58.6 Å². The molecule has 2 aromatic carbocycles. The number of benzene rings is 2. The maximum absolute atomic E-state index is 14.3. The molecule has 1 fully saturated rings. The quantitative estimate of drug-likeness (QED) is 0.661. The Kier molecular flexibility index (Phi) is 5.71. The monoisotopic (exact) mass is 361 g/mol. The first-order valence-corrected chi connectivity index (χ1v) is 8.73. The van der Waals surface area contributed by atoms with Gasteiger partial charge in [0.2, 0.25) is 0 Å². The van der Waals surface area contributed by atoms with Crippen LogP contribution in [-0.4, -0.2) is 23.7 Å². The van der Waals surface area contributed by atoms with Crippen LogP contribution in [0, 0.1) is 11.6 Å². The van der Waals surface area contributed by atoms with Gasteiger partial charge in [0.25, 0.3) is 0 Å². The first kappa shape index (κ1) is 18.2. The minimum Gasteiger partial charge on any atom is -0.488 e. The Hall–Kier alpha value is -2.63. The Morgan fingerprint density at radius 2 is 1.88 bits per heavy atom. The van der Waals surface area contributed by atoms with Crippen molar-refractivity contribution in [2.45, 2.75) is 38.1 Å². The van der Waals surface area contributed by atoms with Gasteiger partial charge in [-0.15, -0.1) is 0 Å². The van der Waals surface area contributed by atoms with Crippen LogP contribution in [0.2, 0.25) is 0 Å². The lowest BCUT2D eigenvalue weighted by Gasteiger charge is -2.27. The number of carboxylic acid groups (broad SMARTS) is 1. The number of carboxylic acids is 1. The van der Waals surface area contributed by atoms with Gasteiger partial charge in [0, 0.05) is 18.2 Å². The van der Waals surface area contributed by atoms with Crippen LogP contribution in [0.4, 0.5) is 14.5 Å². The Bertz CT molecular complexity index is 767. The van der Waals surface area contributed by atoms with Crippen LogP contribution < -0.4 is 10.1 Å². The van der Waals surface area contributed by atoms with Gasteiger partial charge in [-0.25, -0.2) is 8.78 Å². The second-order valence-corrected chi connectivity index (χ2v) is 6.47. The summed E-state index contributed by atoms with van der Waals surface area (Å²) in [5.41, 5.74) is 2.07. The molecule has 3 rings (SSSR count). The molecule has 0 aromatic heterocycles. The second-order valence-electron chi connectivity index (χ2n) is 6.47. The number of aliphatic carboxylic acids is 1. The van der Waals surface area contributed by atoms with Gasteiger partial charge < -0.3 is 15.2 Å². The average molecular weight is 361 g/mol. The van der Waals surface area contributed by atoms with Crippen LogP contribution in [0.5, 0.6) is 5.75 Å². The summed E-state index contributed by atoms with van der Waals surface area (Å²) in [6, 6.07) is 10.4. The number of rotatable bonds is 8. The van der Waals surface area contributed by atoms with E-state index in [0.29, 0.717) is 17.2 Å². The third-order valence-corrected chi connectivity index (χ3v) is 4.45. The van der Waals surface area contributed by atoms with Crippen LogP contribution >= 0.6 is 0 Å². The normalized spacial score (nSPS) is 13.9. The van der Waals surface area contributed by atoms with Crippen molar-refractivity contribution in [3.05, 3.63) is 48.0 Å². The number of carbonyl (C=O) groups is 1. The fraction of sp³-hybridized carbons (Fsp3) is 0.350. The molecule has 6 heteroatoms. The van der Waals surface area contributed by atoms with Gasteiger partial charge in [-0.3, -0.25) is 4.79 Å². The largest absolute Gasteiger partial charge is 0.488 e. The van der Waals surface area contributed by atoms with E-state index in [9.17, 15) is 13.6 Å². The van der Waals surface area contributed by atoms with E-state index in [0.717, 1.165) is 18.5 Å². The molecule has 2 N–H and O–H groups in total. The van der Waals surface area contributed by atoms with Gasteiger partial charge in [0.15, 0.2) is 17.4 Å². The lowest BCUT2D eigenvalue weighted by molar-refractivity contribution is -0.137. The Morgan fingerprint density at radius 3 is 2.50 bits per heavy atom. The third kappa shape index (κ3) is 4.50. The SMILES string of the molecule is O=C(O)CCCOc1c(F)cc(-c2cccc(NC3CCC3)c2)cc1F. The smallest absolute Gasteiger partial charge is 0.303 e. The fourth-order valence-corrected chi connectivity index (χ4v) is 2.84. The molecule has 1 aliphatic carbocycles. The zero-order valence-corrected chi connectivity index (χ0v) is 14.3. The highest BCUT2D eigenvalue weighted by Gasteiger charge is 2.17. The Balaban J connectivity index is 1.72. The highest BCUT2D eigenvalue weighted by molar-refractivity contribution is 5.69. The molecule has 0 bridgehead atoms. The van der Waals surface area contributed by atoms with Crippen molar-refractivity contribution in [1.29, 1.82) is 0 Å². The van der Waals surface area contributed by atoms with Crippen molar-refractivity contribution in [2.75, 3.05) is 11.9 Å². The van der Waals surface area contributed by atoms with E-state index < -0.39 is 23.4 Å². The number of ether oxygens (including phenoxy) is 1. The number of nitrogens with one attached hydrogen (secondary N) is 1. The molecule has 0 spiro atoms. The predicted molar refractivity (Wildman–Crippen MR) is 95.4 cm³/mol. The zero-order chi connectivity index (χ0) is 18.5. The molecule has 0 heterocycles. The van der Waals surface area contributed by atoms with Gasteiger partial charge in [-0.2, -0.15) is 0 Å². The molecule has 0 atom stereocenters. The van der Waals surface area contributed by atoms with Crippen molar-refractivity contribution in [2.24, 2.45) is 0 Å². The molecule has 1 aliphatic rings. The van der Waals surface area contributed by atoms with Crippen LogP contribution in [0.15, 0.2) is 36.4 Å². The average Bonchev–Trinajstić information content (AvgIpc) is 2.56. The fourth-order valence-electron chi connectivity index (χ4n) is 2.84. The Morgan fingerprint density at radius 1 is 1.15 bits per heavy atom. The molecule has 2 aromatic rings. The molecular formula is C20H21F2NO3. The second kappa shape index (κ2) is 8.17. The molecule has 138 valence electrons. The molecule has 0 radical (unpaired) electrons. The molecule has 4 nitrogen and oxygen atoms in total. The van der Waals surface area contributed by atoms with E-state index >= 15 is 0 Å². The lowest BCUT2D eigenvalue weighted by Crippen LogP contribution is -2.26. The molecule has 1 saturated carbocycles. The van der Waals surface area contributed by atoms with E-state index in [1.54, 1.807) is 6.07 Å². The summed E-state index contributed by atoms with van der Waals surface area (Å²) in [5.74, 6) is -3.04. The van der Waals surface area contributed by atoms with Crippen molar-refractivity contribution in [3.63, 3.8) is 0 Å². The number of halogens is 2. The molecule has 0 amide bonds. The number of hydrogen-bond acceptors (Lipinski definition) is 3. The standard InChI is InChI=1S/C20H21F2NO3/c21-17-11-14(12-18(22)20(17)26-9-3-8-19(24)25)13-4-1-7-16(10-13)23-15-5-2-6-15/h1,4,7,10-12,15,23H,2-3,5-6,8-9H2,(H,24,25). The van der Waals surface area contributed by atoms with Gasteiger partial charge in [-0.1, -0.05) is 12.1 Å². The number of hydrogen-bond donors (Lipinski definition) is 2. The zero-order valence-electron chi connectivity index (χ0n) is 14.3. The molecular weight excluding hydrogens is 340 g/mol. The molecule has 0 saturated heterocycles. The molecule has 26 heavy (non-hydrogen) atoms. The van der Waals surface area contributed by atoms with Crippen molar-refractivity contribution in [1.82, 2.24) is 0 Å². The van der Waals surface area contributed by atoms with E-state index in [4.69, 9.17) is 9.84 Å². The summed E-state index contributed by atoms with van der Waals surface area (Å²) in [6.07, 6.45) is 3.58. The summed E-state index contributed by atoms with van der Waals surface area (Å²) in [4.78, 5) is 10.5. The summed E-state index contributed by atoms with van der Waals surface area (Å²) >= 11 is 0. The maximum Gasteiger partial charge on any atom is 0.303 e. The van der Waals surface area contributed by atoms with Crippen molar-refractivity contribution in [3.8, 4) is 16.9 Å². The van der Waals surface area contributed by atoms with Crippen molar-refractivity contribution >= 4 is 11.7 Å². The van der Waals surface area contributed by atoms with Crippen LogP contribution in [0.1, 0.15) is 32.1 Å². The maximum atomic E-state index is 14.3. The van der Waals surface area contributed by atoms with Gasteiger partial charge in [0.05, 0.1) is 6.61 Å². The van der Waals surface area contributed by atoms with Gasteiger partial charge in [0.1, 0.15) is 0 Å². The van der Waals surface area contributed by atoms with Gasteiger partial charge in [-0.05, 0) is 61.1 Å². The summed E-state index contributed by atoms with van der Waals surface area (Å²) < 4.78 is 33.6. The first-order valence-electron chi connectivity index (χ1n) is 8.73. The van der Waals surface area contributed by atoms with E-state index in [-0.39, 0.29) is 19.4 Å². The minimum absolute atomic E-state index is 0.0553. The minimum atomic E-state index is -0.972. The van der Waals surface area contributed by atoms with E-state index in [2.05, 4.69) is 5.32 Å². The summed E-state index contributed by atoms with van der Waals surface area (Å²) in [5, 5.41) is 12.0. The Labute approximate surface area is 150 Å². The van der Waals surface area contributed by atoms with Crippen LogP contribution in [0.3, 0.4) is 0 Å². The highest BCUT2D eigenvalue weighted by atomic mass is 19.1. The summed E-state index contributed by atoms with van der Waals surface area (Å²) in [7, 11) is 0. The van der Waals surface area contributed by atoms with Crippen LogP contribution in [-0.2, 0) is 4.79 Å². The first-order chi connectivity index (χ1) is 12.5. The molecule has 0 unspecified atom stereocenters. The third-order valence-electron chi connectivity index (χ3n) is 4.45. The van der Waals surface area contributed by atoms with Crippen molar-refractivity contribution < 1.29 is 23.4 Å². The van der Waals surface area contributed by atoms with Crippen LogP contribution in [0.25, 0.3) is 11.1 Å². The molecule has 0 aliphatic heterocycles. The lowest BCUT2D eigenvalue weighted by atomic mass is 9.93. The number of anilines is 1. The van der Waals surface area contributed by atoms with Gasteiger partial charge >= 0.3 is 5.97 Å². The summed E-state index contributed by atoms with van der Waals surface area (Å²) in [6.45, 7) is -0.0553. The predicted octanol–water partition coefficient (Wildman–Crippen LogP) is 4.84.